The topological polar surface area (TPSA) is 81.4 Å². The molecule has 0 unspecified atom stereocenters. The van der Waals surface area contributed by atoms with Crippen LogP contribution in [-0.4, -0.2) is 25.0 Å². The van der Waals surface area contributed by atoms with Crippen LogP contribution in [0.2, 0.25) is 5.02 Å². The largest absolute Gasteiger partial charge is 0.484 e. The molecule has 1 aromatic carbocycles. The van der Waals surface area contributed by atoms with E-state index in [0.717, 1.165) is 5.56 Å². The molecule has 0 saturated carbocycles. The van der Waals surface area contributed by atoms with Gasteiger partial charge in [0.15, 0.2) is 6.61 Å². The zero-order chi connectivity index (χ0) is 12.8. The number of rotatable bonds is 5. The van der Waals surface area contributed by atoms with Crippen molar-refractivity contribution in [2.24, 2.45) is 5.73 Å². The zero-order valence-electron chi connectivity index (χ0n) is 9.33. The van der Waals surface area contributed by atoms with Gasteiger partial charge in [-0.05, 0) is 30.7 Å². The number of hydrogen-bond acceptors (Lipinski definition) is 3. The van der Waals surface area contributed by atoms with Gasteiger partial charge in [0.25, 0.3) is 5.91 Å². The summed E-state index contributed by atoms with van der Waals surface area (Å²) in [5.41, 5.74) is 5.74. The fourth-order valence-electron chi connectivity index (χ4n) is 1.09. The van der Waals surface area contributed by atoms with Crippen molar-refractivity contribution in [3.63, 3.8) is 0 Å². The number of aryl methyl sites for hydroxylation is 1. The maximum absolute atomic E-state index is 11.2. The Morgan fingerprint density at radius 2 is 2.18 bits per heavy atom. The molecule has 0 aromatic heterocycles. The van der Waals surface area contributed by atoms with E-state index in [-0.39, 0.29) is 13.2 Å². The van der Waals surface area contributed by atoms with Crippen LogP contribution in [0.25, 0.3) is 0 Å². The van der Waals surface area contributed by atoms with Crippen molar-refractivity contribution in [2.45, 2.75) is 6.92 Å². The summed E-state index contributed by atoms with van der Waals surface area (Å²) < 4.78 is 5.21. The molecule has 2 amide bonds. The maximum atomic E-state index is 11.2. The van der Waals surface area contributed by atoms with Crippen LogP contribution in [0.4, 0.5) is 0 Å². The lowest BCUT2D eigenvalue weighted by molar-refractivity contribution is -0.126. The Balaban J connectivity index is 2.42. The molecule has 0 heterocycles. The third-order valence-electron chi connectivity index (χ3n) is 1.96. The molecule has 0 aliphatic carbocycles. The van der Waals surface area contributed by atoms with Crippen molar-refractivity contribution in [1.29, 1.82) is 0 Å². The number of hydrogen-bond donors (Lipinski definition) is 2. The van der Waals surface area contributed by atoms with Crippen LogP contribution >= 0.6 is 11.6 Å². The van der Waals surface area contributed by atoms with Gasteiger partial charge in [-0.25, -0.2) is 0 Å². The Bertz CT molecular complexity index is 435. The fraction of sp³-hybridized carbons (Fsp3) is 0.273. The first-order valence-corrected chi connectivity index (χ1v) is 5.31. The smallest absolute Gasteiger partial charge is 0.258 e. The van der Waals surface area contributed by atoms with Crippen molar-refractivity contribution in [2.75, 3.05) is 13.2 Å². The quantitative estimate of drug-likeness (QED) is 0.811. The second-order valence-corrected chi connectivity index (χ2v) is 3.85. The van der Waals surface area contributed by atoms with Crippen LogP contribution in [0, 0.1) is 6.92 Å². The van der Waals surface area contributed by atoms with Crippen molar-refractivity contribution >= 4 is 23.4 Å². The van der Waals surface area contributed by atoms with Gasteiger partial charge in [-0.3, -0.25) is 9.59 Å². The number of primary amides is 1. The van der Waals surface area contributed by atoms with Gasteiger partial charge < -0.3 is 15.8 Å². The highest BCUT2D eigenvalue weighted by Crippen LogP contribution is 2.20. The first kappa shape index (κ1) is 13.3. The van der Waals surface area contributed by atoms with E-state index in [1.165, 1.54) is 0 Å². The van der Waals surface area contributed by atoms with Crippen LogP contribution in [0.5, 0.6) is 5.75 Å². The standard InChI is InChI=1S/C11H13ClN2O3/c1-7-4-8(2-3-9(7)12)17-6-11(16)14-5-10(13)15/h2-4H,5-6H2,1H3,(H2,13,15)(H,14,16). The van der Waals surface area contributed by atoms with Gasteiger partial charge in [0.1, 0.15) is 5.75 Å². The number of ether oxygens (including phenoxy) is 1. The number of carbonyl (C=O) groups excluding carboxylic acids is 2. The first-order valence-electron chi connectivity index (χ1n) is 4.93. The summed E-state index contributed by atoms with van der Waals surface area (Å²) in [7, 11) is 0. The fourth-order valence-corrected chi connectivity index (χ4v) is 1.21. The lowest BCUT2D eigenvalue weighted by Gasteiger charge is -2.07. The SMILES string of the molecule is Cc1cc(OCC(=O)NCC(N)=O)ccc1Cl. The molecule has 0 saturated heterocycles. The average molecular weight is 257 g/mol. The Morgan fingerprint density at radius 1 is 1.47 bits per heavy atom. The monoisotopic (exact) mass is 256 g/mol. The number of carbonyl (C=O) groups is 2. The minimum Gasteiger partial charge on any atom is -0.484 e. The highest BCUT2D eigenvalue weighted by Gasteiger charge is 2.04. The number of halogens is 1. The normalized spacial score (nSPS) is 9.76. The number of nitrogens with one attached hydrogen (secondary N) is 1. The van der Waals surface area contributed by atoms with E-state index in [0.29, 0.717) is 10.8 Å². The molecule has 0 atom stereocenters. The van der Waals surface area contributed by atoms with Gasteiger partial charge in [0, 0.05) is 5.02 Å². The summed E-state index contributed by atoms with van der Waals surface area (Å²) in [5.74, 6) is -0.460. The summed E-state index contributed by atoms with van der Waals surface area (Å²) in [6.45, 7) is 1.47. The number of benzene rings is 1. The summed E-state index contributed by atoms with van der Waals surface area (Å²) in [5, 5.41) is 2.95. The molecule has 0 radical (unpaired) electrons. The summed E-state index contributed by atoms with van der Waals surface area (Å²) in [6.07, 6.45) is 0. The summed E-state index contributed by atoms with van der Waals surface area (Å²) in [6, 6.07) is 5.08. The maximum Gasteiger partial charge on any atom is 0.258 e. The molecule has 92 valence electrons. The molecule has 0 spiro atoms. The van der Waals surface area contributed by atoms with E-state index < -0.39 is 11.8 Å². The Kier molecular flexibility index (Phi) is 4.78. The van der Waals surface area contributed by atoms with Crippen LogP contribution in [-0.2, 0) is 9.59 Å². The lowest BCUT2D eigenvalue weighted by Crippen LogP contribution is -2.36. The predicted octanol–water partition coefficient (Wildman–Crippen LogP) is 0.629. The van der Waals surface area contributed by atoms with Gasteiger partial charge >= 0.3 is 0 Å². The van der Waals surface area contributed by atoms with E-state index >= 15 is 0 Å². The number of nitrogens with two attached hydrogens (primary N) is 1. The van der Waals surface area contributed by atoms with Gasteiger partial charge in [0.2, 0.25) is 5.91 Å². The van der Waals surface area contributed by atoms with Gasteiger partial charge in [-0.1, -0.05) is 11.6 Å². The Labute approximate surface area is 104 Å². The average Bonchev–Trinajstić information content (AvgIpc) is 2.28. The van der Waals surface area contributed by atoms with E-state index in [2.05, 4.69) is 5.32 Å². The van der Waals surface area contributed by atoms with Gasteiger partial charge in [0.05, 0.1) is 6.54 Å². The number of amides is 2. The van der Waals surface area contributed by atoms with Crippen molar-refractivity contribution in [1.82, 2.24) is 5.32 Å². The molecule has 0 bridgehead atoms. The van der Waals surface area contributed by atoms with E-state index in [1.807, 2.05) is 6.92 Å². The molecular formula is C11H13ClN2O3. The molecule has 6 heteroatoms. The Hall–Kier alpha value is -1.75. The molecule has 0 aliphatic heterocycles. The third kappa shape index (κ3) is 4.74. The van der Waals surface area contributed by atoms with Crippen molar-refractivity contribution in [3.8, 4) is 5.75 Å². The minimum atomic E-state index is -0.597. The zero-order valence-corrected chi connectivity index (χ0v) is 10.1. The molecule has 0 aliphatic rings. The second-order valence-electron chi connectivity index (χ2n) is 3.44. The van der Waals surface area contributed by atoms with Crippen molar-refractivity contribution < 1.29 is 14.3 Å². The minimum absolute atomic E-state index is 0.172. The lowest BCUT2D eigenvalue weighted by atomic mass is 10.2. The van der Waals surface area contributed by atoms with Crippen LogP contribution < -0.4 is 15.8 Å². The van der Waals surface area contributed by atoms with E-state index in [9.17, 15) is 9.59 Å². The third-order valence-corrected chi connectivity index (χ3v) is 2.38. The van der Waals surface area contributed by atoms with Crippen LogP contribution in [0.1, 0.15) is 5.56 Å². The molecule has 3 N–H and O–H groups in total. The predicted molar refractivity (Wildman–Crippen MR) is 63.9 cm³/mol. The molecule has 17 heavy (non-hydrogen) atoms. The van der Waals surface area contributed by atoms with Crippen molar-refractivity contribution in [3.05, 3.63) is 28.8 Å². The second kappa shape index (κ2) is 6.10. The highest BCUT2D eigenvalue weighted by molar-refractivity contribution is 6.31. The molecule has 1 rings (SSSR count). The van der Waals surface area contributed by atoms with E-state index in [1.54, 1.807) is 18.2 Å². The van der Waals surface area contributed by atoms with Crippen LogP contribution in [0.15, 0.2) is 18.2 Å². The van der Waals surface area contributed by atoms with Crippen LogP contribution in [0.3, 0.4) is 0 Å². The van der Waals surface area contributed by atoms with Gasteiger partial charge in [-0.15, -0.1) is 0 Å². The van der Waals surface area contributed by atoms with Gasteiger partial charge in [-0.2, -0.15) is 0 Å². The first-order chi connectivity index (χ1) is 7.99. The highest BCUT2D eigenvalue weighted by atomic mass is 35.5. The molecular weight excluding hydrogens is 244 g/mol. The molecule has 5 nitrogen and oxygen atoms in total. The molecule has 0 fully saturated rings. The van der Waals surface area contributed by atoms with E-state index in [4.69, 9.17) is 22.1 Å². The Morgan fingerprint density at radius 3 is 2.76 bits per heavy atom. The summed E-state index contributed by atoms with van der Waals surface area (Å²) in [4.78, 5) is 21.6. The molecule has 1 aromatic rings. The summed E-state index contributed by atoms with van der Waals surface area (Å²) >= 11 is 5.84.